The molecule has 11 heavy (non-hydrogen) atoms. The normalized spacial score (nSPS) is 29.4. The van der Waals surface area contributed by atoms with Crippen LogP contribution >= 0.6 is 0 Å². The van der Waals surface area contributed by atoms with Crippen LogP contribution in [0.4, 0.5) is 0 Å². The first kappa shape index (κ1) is 8.68. The maximum Gasteiger partial charge on any atom is 0.177 e. The Morgan fingerprint density at radius 3 is 2.27 bits per heavy atom. The van der Waals surface area contributed by atoms with Gasteiger partial charge in [0.15, 0.2) is 6.23 Å². The minimum Gasteiger partial charge on any atom is -0.386 e. The second-order valence-electron chi connectivity index (χ2n) is 4.01. The maximum atomic E-state index is 9.51. The highest BCUT2D eigenvalue weighted by atomic mass is 16.5. The summed E-state index contributed by atoms with van der Waals surface area (Å²) in [5.74, 6) is 0. The average Bonchev–Trinajstić information content (AvgIpc) is 2.07. The van der Waals surface area contributed by atoms with E-state index in [2.05, 4.69) is 4.99 Å². The fourth-order valence-corrected chi connectivity index (χ4v) is 0.922. The highest BCUT2D eigenvalue weighted by Crippen LogP contribution is 2.24. The van der Waals surface area contributed by atoms with Gasteiger partial charge in [0.25, 0.3) is 0 Å². The lowest BCUT2D eigenvalue weighted by Gasteiger charge is -2.26. The van der Waals surface area contributed by atoms with Crippen molar-refractivity contribution in [2.24, 2.45) is 4.99 Å². The summed E-state index contributed by atoms with van der Waals surface area (Å²) in [6, 6.07) is 0. The Morgan fingerprint density at radius 2 is 2.09 bits per heavy atom. The Morgan fingerprint density at radius 1 is 1.55 bits per heavy atom. The van der Waals surface area contributed by atoms with Crippen LogP contribution in [0.5, 0.6) is 0 Å². The molecule has 1 N–H and O–H groups in total. The molecule has 0 saturated heterocycles. The van der Waals surface area contributed by atoms with E-state index in [4.69, 9.17) is 4.74 Å². The zero-order chi connectivity index (χ0) is 8.70. The summed E-state index contributed by atoms with van der Waals surface area (Å²) in [6.45, 7) is 7.22. The van der Waals surface area contributed by atoms with Crippen LogP contribution in [0.1, 0.15) is 27.7 Å². The van der Waals surface area contributed by atoms with Crippen molar-refractivity contribution < 1.29 is 9.84 Å². The van der Waals surface area contributed by atoms with Crippen LogP contribution < -0.4 is 0 Å². The quantitative estimate of drug-likeness (QED) is 0.616. The summed E-state index contributed by atoms with van der Waals surface area (Å²) < 4.78 is 5.44. The van der Waals surface area contributed by atoms with E-state index in [1.807, 2.05) is 13.8 Å². The van der Waals surface area contributed by atoms with Gasteiger partial charge in [0.1, 0.15) is 11.2 Å². The van der Waals surface area contributed by atoms with Gasteiger partial charge >= 0.3 is 0 Å². The van der Waals surface area contributed by atoms with Crippen molar-refractivity contribution in [3.63, 3.8) is 0 Å². The van der Waals surface area contributed by atoms with Crippen molar-refractivity contribution >= 4 is 6.21 Å². The Labute approximate surface area is 67.1 Å². The van der Waals surface area contributed by atoms with Crippen LogP contribution in [-0.4, -0.2) is 28.8 Å². The molecule has 0 spiro atoms. The van der Waals surface area contributed by atoms with E-state index in [9.17, 15) is 5.11 Å². The molecule has 0 amide bonds. The van der Waals surface area contributed by atoms with Crippen LogP contribution in [0.2, 0.25) is 0 Å². The number of nitrogens with zero attached hydrogens (tertiary/aromatic N) is 1. The van der Waals surface area contributed by atoms with Crippen molar-refractivity contribution in [3.8, 4) is 0 Å². The molecule has 0 fully saturated rings. The first-order valence-corrected chi connectivity index (χ1v) is 3.76. The summed E-state index contributed by atoms with van der Waals surface area (Å²) in [5.41, 5.74) is -1.21. The molecule has 64 valence electrons. The van der Waals surface area contributed by atoms with Crippen molar-refractivity contribution in [3.05, 3.63) is 0 Å². The number of aliphatic hydroxyl groups is 1. The first-order chi connectivity index (χ1) is 4.81. The number of ether oxygens (including phenoxy) is 1. The van der Waals surface area contributed by atoms with Crippen LogP contribution in [0.25, 0.3) is 0 Å². The Kier molecular flexibility index (Phi) is 1.81. The summed E-state index contributed by atoms with van der Waals surface area (Å²) in [7, 11) is 0. The highest BCUT2D eigenvalue weighted by molar-refractivity contribution is 5.69. The summed E-state index contributed by atoms with van der Waals surface area (Å²) >= 11 is 0. The monoisotopic (exact) mass is 157 g/mol. The smallest absolute Gasteiger partial charge is 0.177 e. The maximum absolute atomic E-state index is 9.51. The number of aliphatic imine (C=N–C) groups is 1. The van der Waals surface area contributed by atoms with E-state index in [-0.39, 0.29) is 5.60 Å². The van der Waals surface area contributed by atoms with Gasteiger partial charge in [-0.05, 0) is 27.7 Å². The van der Waals surface area contributed by atoms with Crippen LogP contribution in [0.15, 0.2) is 4.99 Å². The molecular formula is C8H15NO2. The fourth-order valence-electron chi connectivity index (χ4n) is 0.922. The van der Waals surface area contributed by atoms with E-state index in [1.54, 1.807) is 20.1 Å². The molecule has 1 aliphatic rings. The molecule has 0 aliphatic carbocycles. The number of rotatable bonds is 1. The number of hydrogen-bond acceptors (Lipinski definition) is 3. The SMILES string of the molecule is CC1(C)C=NC(C(C)(C)O)O1. The lowest BCUT2D eigenvalue weighted by molar-refractivity contribution is -0.107. The van der Waals surface area contributed by atoms with Gasteiger partial charge in [0, 0.05) is 6.21 Å². The fraction of sp³-hybridized carbons (Fsp3) is 0.875. The zero-order valence-electron chi connectivity index (χ0n) is 7.46. The molecule has 3 nitrogen and oxygen atoms in total. The molecule has 1 unspecified atom stereocenters. The molecule has 1 rings (SSSR count). The molecule has 1 aliphatic heterocycles. The van der Waals surface area contributed by atoms with E-state index in [0.717, 1.165) is 0 Å². The second kappa shape index (κ2) is 2.29. The minimum atomic E-state index is -0.885. The average molecular weight is 157 g/mol. The van der Waals surface area contributed by atoms with Gasteiger partial charge in [0.05, 0.1) is 0 Å². The van der Waals surface area contributed by atoms with Crippen LogP contribution in [0, 0.1) is 0 Å². The summed E-state index contributed by atoms with van der Waals surface area (Å²) in [6.07, 6.45) is 1.31. The summed E-state index contributed by atoms with van der Waals surface area (Å²) in [4.78, 5) is 4.06. The molecule has 0 aromatic rings. The van der Waals surface area contributed by atoms with Crippen molar-refractivity contribution in [2.45, 2.75) is 45.1 Å². The van der Waals surface area contributed by atoms with Crippen molar-refractivity contribution in [2.75, 3.05) is 0 Å². The van der Waals surface area contributed by atoms with E-state index >= 15 is 0 Å². The predicted octanol–water partition coefficient (Wildman–Crippen LogP) is 0.963. The largest absolute Gasteiger partial charge is 0.386 e. The van der Waals surface area contributed by atoms with E-state index in [0.29, 0.717) is 0 Å². The molecule has 0 saturated carbocycles. The lowest BCUT2D eigenvalue weighted by atomic mass is 10.1. The first-order valence-electron chi connectivity index (χ1n) is 3.76. The van der Waals surface area contributed by atoms with Crippen molar-refractivity contribution in [1.82, 2.24) is 0 Å². The lowest BCUT2D eigenvalue weighted by Crippen LogP contribution is -2.38. The molecule has 0 radical (unpaired) electrons. The topological polar surface area (TPSA) is 41.8 Å². The third-order valence-corrected chi connectivity index (χ3v) is 1.54. The molecule has 0 bridgehead atoms. The third kappa shape index (κ3) is 2.01. The van der Waals surface area contributed by atoms with Gasteiger partial charge < -0.3 is 9.84 Å². The highest BCUT2D eigenvalue weighted by Gasteiger charge is 2.36. The molecule has 0 aromatic carbocycles. The molecular weight excluding hydrogens is 142 g/mol. The van der Waals surface area contributed by atoms with Crippen LogP contribution in [-0.2, 0) is 4.74 Å². The van der Waals surface area contributed by atoms with Gasteiger partial charge in [-0.2, -0.15) is 0 Å². The Balaban J connectivity index is 2.65. The van der Waals surface area contributed by atoms with E-state index < -0.39 is 11.8 Å². The van der Waals surface area contributed by atoms with Crippen molar-refractivity contribution in [1.29, 1.82) is 0 Å². The molecule has 0 aromatic heterocycles. The minimum absolute atomic E-state index is 0.329. The van der Waals surface area contributed by atoms with Gasteiger partial charge in [-0.1, -0.05) is 0 Å². The molecule has 1 heterocycles. The summed E-state index contributed by atoms with van der Waals surface area (Å²) in [5, 5.41) is 9.51. The predicted molar refractivity (Wildman–Crippen MR) is 43.7 cm³/mol. The Bertz CT molecular complexity index is 179. The van der Waals surface area contributed by atoms with Gasteiger partial charge in [-0.25, -0.2) is 0 Å². The third-order valence-electron chi connectivity index (χ3n) is 1.54. The second-order valence-corrected chi connectivity index (χ2v) is 4.01. The van der Waals surface area contributed by atoms with E-state index in [1.165, 1.54) is 0 Å². The molecule has 1 atom stereocenters. The standard InChI is InChI=1S/C8H15NO2/c1-7(2)5-9-6(11-7)8(3,4)10/h5-6,10H,1-4H3. The molecule has 3 heteroatoms. The van der Waals surface area contributed by atoms with Gasteiger partial charge in [-0.3, -0.25) is 4.99 Å². The van der Waals surface area contributed by atoms with Gasteiger partial charge in [-0.15, -0.1) is 0 Å². The zero-order valence-corrected chi connectivity index (χ0v) is 7.46. The Hall–Kier alpha value is -0.410. The van der Waals surface area contributed by atoms with Gasteiger partial charge in [0.2, 0.25) is 0 Å². The van der Waals surface area contributed by atoms with Crippen LogP contribution in [0.3, 0.4) is 0 Å². The number of hydrogen-bond donors (Lipinski definition) is 1.